The number of carbonyl (C=O) groups excluding carboxylic acids is 1. The van der Waals surface area contributed by atoms with Crippen LogP contribution in [0, 0.1) is 0 Å². The number of hydrogen-bond acceptors (Lipinski definition) is 4. The molecule has 3 N–H and O–H groups in total. The first kappa shape index (κ1) is 15.9. The van der Waals surface area contributed by atoms with Gasteiger partial charge in [0.1, 0.15) is 11.4 Å². The number of methoxy groups -OCH3 is 1. The number of H-pyrrole nitrogens is 2. The zero-order chi connectivity index (χ0) is 17.9. The molecule has 4 aromatic rings. The van der Waals surface area contributed by atoms with Gasteiger partial charge in [-0.1, -0.05) is 12.1 Å². The highest BCUT2D eigenvalue weighted by Gasteiger charge is 2.13. The molecule has 1 aromatic carbocycles. The highest BCUT2D eigenvalue weighted by molar-refractivity contribution is 5.96. The summed E-state index contributed by atoms with van der Waals surface area (Å²) in [6.45, 7) is 0.418. The normalized spacial score (nSPS) is 10.8. The smallest absolute Gasteiger partial charge is 0.267 e. The monoisotopic (exact) mass is 353 g/mol. The van der Waals surface area contributed by atoms with Crippen LogP contribution in [0.5, 0.6) is 5.75 Å². The number of amides is 1. The number of nitrogens with one attached hydrogen (secondary N) is 3. The Bertz CT molecular complexity index is 1080. The summed E-state index contributed by atoms with van der Waals surface area (Å²) in [5, 5.41) is 11.0. The minimum atomic E-state index is -0.180. The number of rotatable bonds is 5. The van der Waals surface area contributed by atoms with Crippen LogP contribution in [0.3, 0.4) is 0 Å². The van der Waals surface area contributed by atoms with E-state index in [9.17, 15) is 4.79 Å². The largest absolute Gasteiger partial charge is 0.497 e. The van der Waals surface area contributed by atoms with Gasteiger partial charge in [0.15, 0.2) is 5.65 Å². The number of aromatic amines is 2. The first-order chi connectivity index (χ1) is 12.7. The van der Waals surface area contributed by atoms with Crippen LogP contribution in [0.25, 0.3) is 22.3 Å². The van der Waals surface area contributed by atoms with Gasteiger partial charge in [0.2, 0.25) is 0 Å². The zero-order valence-electron chi connectivity index (χ0n) is 14.1. The lowest BCUT2D eigenvalue weighted by Crippen LogP contribution is -2.23. The molecule has 0 fully saturated rings. The van der Waals surface area contributed by atoms with Crippen molar-refractivity contribution in [2.45, 2.75) is 6.54 Å². The summed E-state index contributed by atoms with van der Waals surface area (Å²) >= 11 is 0. The Kier molecular flexibility index (Phi) is 4.10. The molecule has 3 aromatic heterocycles. The Morgan fingerprint density at radius 3 is 3.08 bits per heavy atom. The lowest BCUT2D eigenvalue weighted by Gasteiger charge is -2.06. The van der Waals surface area contributed by atoms with Gasteiger partial charge in [-0.2, -0.15) is 5.10 Å². The van der Waals surface area contributed by atoms with E-state index in [2.05, 4.69) is 25.5 Å². The third-order valence-corrected chi connectivity index (χ3v) is 4.13. The van der Waals surface area contributed by atoms with Gasteiger partial charge in [-0.05, 0) is 35.9 Å². The third-order valence-electron chi connectivity index (χ3n) is 4.13. The quantitative estimate of drug-likeness (QED) is 0.510. The number of pyridine rings is 1. The fourth-order valence-corrected chi connectivity index (χ4v) is 2.80. The molecule has 4 rings (SSSR count). The maximum absolute atomic E-state index is 12.4. The molecule has 0 aliphatic rings. The highest BCUT2D eigenvalue weighted by Crippen LogP contribution is 2.25. The molecule has 0 radical (unpaired) electrons. The molecule has 7 nitrogen and oxygen atoms in total. The Balaban J connectivity index is 0.00000140. The Morgan fingerprint density at radius 2 is 2.19 bits per heavy atom. The average molecular weight is 353 g/mol. The second kappa shape index (κ2) is 6.72. The molecule has 0 bridgehead atoms. The van der Waals surface area contributed by atoms with Crippen LogP contribution in [0.4, 0.5) is 0 Å². The Morgan fingerprint density at radius 1 is 1.27 bits per heavy atom. The van der Waals surface area contributed by atoms with E-state index in [0.29, 0.717) is 17.9 Å². The molecule has 0 saturated carbocycles. The van der Waals surface area contributed by atoms with E-state index < -0.39 is 0 Å². The Hall–Kier alpha value is -3.61. The predicted molar refractivity (Wildman–Crippen MR) is 104 cm³/mol. The fourth-order valence-electron chi connectivity index (χ4n) is 2.80. The summed E-state index contributed by atoms with van der Waals surface area (Å²) in [7, 11) is 1.62. The molecule has 0 atom stereocenters. The number of carbonyl (C=O) groups is 1. The highest BCUT2D eigenvalue weighted by atomic mass is 16.5. The van der Waals surface area contributed by atoms with E-state index in [1.165, 1.54) is 0 Å². The van der Waals surface area contributed by atoms with Gasteiger partial charge < -0.3 is 15.0 Å². The molecule has 0 aliphatic heterocycles. The fraction of sp³-hybridized carbons (Fsp3) is 0.105. The van der Waals surface area contributed by atoms with Crippen molar-refractivity contribution < 1.29 is 13.8 Å². The van der Waals surface area contributed by atoms with Crippen molar-refractivity contribution in [1.29, 1.82) is 0 Å². The van der Waals surface area contributed by atoms with Gasteiger partial charge in [-0.25, -0.2) is 4.98 Å². The van der Waals surface area contributed by atoms with Gasteiger partial charge in [0.05, 0.1) is 12.8 Å². The van der Waals surface area contributed by atoms with E-state index in [-0.39, 0.29) is 10.2 Å². The second-order valence-electron chi connectivity index (χ2n) is 5.81. The van der Waals surface area contributed by atoms with Gasteiger partial charge in [-0.3, -0.25) is 9.89 Å². The molecule has 7 heteroatoms. The van der Waals surface area contributed by atoms with Gasteiger partial charge in [0.25, 0.3) is 5.91 Å². The van der Waals surface area contributed by atoms with E-state index in [4.69, 9.17) is 4.74 Å². The number of aromatic nitrogens is 4. The average Bonchev–Trinajstić information content (AvgIpc) is 3.33. The van der Waals surface area contributed by atoms with Crippen molar-refractivity contribution in [3.8, 4) is 17.0 Å². The summed E-state index contributed by atoms with van der Waals surface area (Å²) < 4.78 is 5.19. The van der Waals surface area contributed by atoms with E-state index >= 15 is 0 Å². The van der Waals surface area contributed by atoms with Crippen molar-refractivity contribution in [1.82, 2.24) is 25.5 Å². The number of ether oxygens (including phenoxy) is 1. The number of fused-ring (bicyclic) bond motifs is 1. The van der Waals surface area contributed by atoms with Crippen LogP contribution >= 0.6 is 0 Å². The van der Waals surface area contributed by atoms with Gasteiger partial charge in [-0.15, -0.1) is 0 Å². The minimum Gasteiger partial charge on any atom is -0.497 e. The SMILES string of the molecule is COc1cccc(CNC(=O)c2cc(-c3[nH]nc4ncccc34)c[nH]2)c1.[HH].[HH].[HH]. The van der Waals surface area contributed by atoms with Crippen LogP contribution in [-0.2, 0) is 6.54 Å². The summed E-state index contributed by atoms with van der Waals surface area (Å²) in [5.74, 6) is 0.583. The maximum atomic E-state index is 12.4. The Labute approximate surface area is 153 Å². The molecule has 0 saturated heterocycles. The van der Waals surface area contributed by atoms with E-state index in [0.717, 1.165) is 28.0 Å². The first-order valence-electron chi connectivity index (χ1n) is 8.13. The number of benzene rings is 1. The van der Waals surface area contributed by atoms with Crippen molar-refractivity contribution >= 4 is 16.9 Å². The van der Waals surface area contributed by atoms with E-state index in [1.807, 2.05) is 36.4 Å². The number of hydrogen-bond donors (Lipinski definition) is 3. The summed E-state index contributed by atoms with van der Waals surface area (Å²) in [5.41, 5.74) is 3.78. The van der Waals surface area contributed by atoms with Gasteiger partial charge >= 0.3 is 0 Å². The van der Waals surface area contributed by atoms with Gasteiger partial charge in [0, 0.05) is 34.2 Å². The molecule has 136 valence electrons. The molecule has 26 heavy (non-hydrogen) atoms. The lowest BCUT2D eigenvalue weighted by atomic mass is 10.1. The summed E-state index contributed by atoms with van der Waals surface area (Å²) in [4.78, 5) is 19.6. The molecule has 0 aliphatic carbocycles. The predicted octanol–water partition coefficient (Wildman–Crippen LogP) is 3.63. The van der Waals surface area contributed by atoms with Crippen LogP contribution in [0.15, 0.2) is 54.9 Å². The third kappa shape index (κ3) is 3.02. The van der Waals surface area contributed by atoms with Crippen molar-refractivity contribution in [2.75, 3.05) is 7.11 Å². The molecule has 3 heterocycles. The standard InChI is InChI=1S/C19H17N5O2.3H2/c1-26-14-5-2-4-12(8-14)10-22-19(25)16-9-13(11-21-16)17-15-6-3-7-20-18(15)24-23-17;;;/h2-9,11,21H,10H2,1H3,(H,22,25)(H,20,23,24);3*1H. The van der Waals surface area contributed by atoms with Crippen LogP contribution in [0.1, 0.15) is 20.3 Å². The minimum absolute atomic E-state index is 0. The number of nitrogens with zero attached hydrogens (tertiary/aromatic N) is 2. The molecular formula is C19H23N5O2. The van der Waals surface area contributed by atoms with Crippen LogP contribution < -0.4 is 10.1 Å². The molecule has 0 unspecified atom stereocenters. The molecule has 1 amide bonds. The topological polar surface area (TPSA) is 95.7 Å². The maximum Gasteiger partial charge on any atom is 0.267 e. The lowest BCUT2D eigenvalue weighted by molar-refractivity contribution is 0.0946. The summed E-state index contributed by atoms with van der Waals surface area (Å²) in [6, 6.07) is 13.2. The van der Waals surface area contributed by atoms with Crippen molar-refractivity contribution in [2.24, 2.45) is 0 Å². The summed E-state index contributed by atoms with van der Waals surface area (Å²) in [6.07, 6.45) is 3.47. The molecule has 0 spiro atoms. The second-order valence-corrected chi connectivity index (χ2v) is 5.81. The zero-order valence-corrected chi connectivity index (χ0v) is 14.1. The first-order valence-corrected chi connectivity index (χ1v) is 8.13. The molecular weight excluding hydrogens is 330 g/mol. The van der Waals surface area contributed by atoms with Crippen molar-refractivity contribution in [3.63, 3.8) is 0 Å². The van der Waals surface area contributed by atoms with Crippen LogP contribution in [0.2, 0.25) is 0 Å². The van der Waals surface area contributed by atoms with Crippen LogP contribution in [-0.4, -0.2) is 33.2 Å². The van der Waals surface area contributed by atoms with E-state index in [1.54, 1.807) is 25.6 Å². The van der Waals surface area contributed by atoms with Crippen molar-refractivity contribution in [3.05, 3.63) is 66.1 Å².